The Morgan fingerprint density at radius 1 is 1.09 bits per heavy atom. The average molecular weight is 461 g/mol. The monoisotopic (exact) mass is 460 g/mol. The van der Waals surface area contributed by atoms with Crippen LogP contribution in [0.1, 0.15) is 70.8 Å². The van der Waals surface area contributed by atoms with Crippen molar-refractivity contribution < 1.29 is 24.2 Å². The van der Waals surface area contributed by atoms with Gasteiger partial charge in [0.05, 0.1) is 12.6 Å². The van der Waals surface area contributed by atoms with Gasteiger partial charge in [0.15, 0.2) is 0 Å². The van der Waals surface area contributed by atoms with Crippen molar-refractivity contribution in [3.05, 3.63) is 35.9 Å². The van der Waals surface area contributed by atoms with Crippen LogP contribution in [0.3, 0.4) is 0 Å². The molecule has 0 bridgehead atoms. The Kier molecular flexibility index (Phi) is 11.4. The van der Waals surface area contributed by atoms with Crippen molar-refractivity contribution in [1.29, 1.82) is 0 Å². The molecule has 1 heterocycles. The van der Waals surface area contributed by atoms with Crippen LogP contribution in [0.5, 0.6) is 0 Å². The molecule has 0 saturated carbocycles. The molecule has 2 N–H and O–H groups in total. The van der Waals surface area contributed by atoms with E-state index in [1.165, 1.54) is 0 Å². The molecule has 184 valence electrons. The van der Waals surface area contributed by atoms with Crippen molar-refractivity contribution in [3.8, 4) is 0 Å². The minimum absolute atomic E-state index is 0.100. The largest absolute Gasteiger partial charge is 0.461 e. The van der Waals surface area contributed by atoms with Gasteiger partial charge in [0.25, 0.3) is 0 Å². The van der Waals surface area contributed by atoms with E-state index in [9.17, 15) is 19.5 Å². The first-order chi connectivity index (χ1) is 15.8. The standard InChI is InChI=1S/C26H40N2O5/c1-4-10-22-15-9-16-24(30)27-21(18-29)14-8-11-19(2)25(31)28(3)23(26(32)33-22)17-20-12-6-5-7-13-20/h5-7,12-13,19,21-23,29H,4,8-11,14-18H2,1-3H3,(H,27,30). The van der Waals surface area contributed by atoms with Crippen LogP contribution < -0.4 is 5.32 Å². The normalized spacial score (nSPS) is 26.5. The number of likely N-dealkylation sites (N-methyl/N-ethyl adjacent to an activating group) is 1. The molecule has 1 aromatic carbocycles. The summed E-state index contributed by atoms with van der Waals surface area (Å²) in [6.07, 6.45) is 5.08. The molecule has 1 fully saturated rings. The zero-order chi connectivity index (χ0) is 24.2. The predicted molar refractivity (Wildman–Crippen MR) is 127 cm³/mol. The molecule has 1 saturated heterocycles. The van der Waals surface area contributed by atoms with Gasteiger partial charge >= 0.3 is 5.97 Å². The van der Waals surface area contributed by atoms with Gasteiger partial charge in [0.1, 0.15) is 12.1 Å². The van der Waals surface area contributed by atoms with Gasteiger partial charge in [-0.1, -0.05) is 57.0 Å². The number of aliphatic hydroxyl groups is 1. The summed E-state index contributed by atoms with van der Waals surface area (Å²) in [4.78, 5) is 40.3. The van der Waals surface area contributed by atoms with Crippen molar-refractivity contribution in [1.82, 2.24) is 10.2 Å². The van der Waals surface area contributed by atoms with E-state index in [1.54, 1.807) is 11.9 Å². The highest BCUT2D eigenvalue weighted by atomic mass is 16.5. The summed E-state index contributed by atoms with van der Waals surface area (Å²) in [7, 11) is 1.68. The van der Waals surface area contributed by atoms with Crippen LogP contribution in [-0.2, 0) is 25.5 Å². The van der Waals surface area contributed by atoms with E-state index in [1.807, 2.05) is 44.2 Å². The van der Waals surface area contributed by atoms with Gasteiger partial charge < -0.3 is 20.1 Å². The number of benzene rings is 1. The Morgan fingerprint density at radius 2 is 1.82 bits per heavy atom. The van der Waals surface area contributed by atoms with Gasteiger partial charge in [0, 0.05) is 25.8 Å². The van der Waals surface area contributed by atoms with E-state index in [-0.39, 0.29) is 36.5 Å². The quantitative estimate of drug-likeness (QED) is 0.658. The molecular weight excluding hydrogens is 420 g/mol. The van der Waals surface area contributed by atoms with Crippen LogP contribution in [0.4, 0.5) is 0 Å². The number of amides is 2. The van der Waals surface area contributed by atoms with Crippen LogP contribution in [0.2, 0.25) is 0 Å². The molecule has 0 aliphatic carbocycles. The lowest BCUT2D eigenvalue weighted by atomic mass is 9.98. The van der Waals surface area contributed by atoms with Crippen molar-refractivity contribution >= 4 is 17.8 Å². The molecule has 2 amide bonds. The number of nitrogens with one attached hydrogen (secondary N) is 1. The van der Waals surface area contributed by atoms with E-state index >= 15 is 0 Å². The van der Waals surface area contributed by atoms with Crippen molar-refractivity contribution in [3.63, 3.8) is 0 Å². The number of carbonyl (C=O) groups excluding carboxylic acids is 3. The van der Waals surface area contributed by atoms with Gasteiger partial charge in [-0.15, -0.1) is 0 Å². The molecule has 7 heteroatoms. The maximum atomic E-state index is 13.3. The lowest BCUT2D eigenvalue weighted by Gasteiger charge is -2.31. The van der Waals surface area contributed by atoms with E-state index in [2.05, 4.69) is 5.32 Å². The van der Waals surface area contributed by atoms with Gasteiger partial charge in [-0.05, 0) is 37.7 Å². The van der Waals surface area contributed by atoms with Crippen molar-refractivity contribution in [2.75, 3.05) is 13.7 Å². The molecule has 0 aromatic heterocycles. The summed E-state index contributed by atoms with van der Waals surface area (Å²) < 4.78 is 5.90. The molecule has 2 rings (SSSR count). The van der Waals surface area contributed by atoms with Crippen LogP contribution in [0.15, 0.2) is 30.3 Å². The Morgan fingerprint density at radius 3 is 2.48 bits per heavy atom. The van der Waals surface area contributed by atoms with Crippen molar-refractivity contribution in [2.24, 2.45) is 5.92 Å². The first-order valence-corrected chi connectivity index (χ1v) is 12.3. The number of esters is 1. The van der Waals surface area contributed by atoms with Gasteiger partial charge in [0.2, 0.25) is 11.8 Å². The number of cyclic esters (lactones) is 1. The molecule has 0 radical (unpaired) electrons. The Labute approximate surface area is 197 Å². The highest BCUT2D eigenvalue weighted by molar-refractivity contribution is 5.85. The molecular formula is C26H40N2O5. The zero-order valence-corrected chi connectivity index (χ0v) is 20.3. The molecule has 0 spiro atoms. The fourth-order valence-electron chi connectivity index (χ4n) is 4.34. The van der Waals surface area contributed by atoms with E-state index in [4.69, 9.17) is 4.74 Å². The van der Waals surface area contributed by atoms with E-state index < -0.39 is 12.0 Å². The smallest absolute Gasteiger partial charge is 0.329 e. The first-order valence-electron chi connectivity index (χ1n) is 12.3. The van der Waals surface area contributed by atoms with Gasteiger partial charge in [-0.3, -0.25) is 9.59 Å². The molecule has 4 unspecified atom stereocenters. The summed E-state index contributed by atoms with van der Waals surface area (Å²) in [5.74, 6) is -0.877. The molecule has 1 aliphatic rings. The minimum Gasteiger partial charge on any atom is -0.461 e. The fraction of sp³-hybridized carbons (Fsp3) is 0.654. The first kappa shape index (κ1) is 26.8. The lowest BCUT2D eigenvalue weighted by molar-refractivity contribution is -0.160. The summed E-state index contributed by atoms with van der Waals surface area (Å²) in [5.41, 5.74) is 0.968. The number of rotatable bonds is 5. The zero-order valence-electron chi connectivity index (χ0n) is 20.3. The third kappa shape index (κ3) is 8.80. The second kappa shape index (κ2) is 14.0. The highest BCUT2D eigenvalue weighted by Gasteiger charge is 2.32. The molecule has 7 nitrogen and oxygen atoms in total. The second-order valence-electron chi connectivity index (χ2n) is 9.17. The highest BCUT2D eigenvalue weighted by Crippen LogP contribution is 2.20. The molecule has 1 aliphatic heterocycles. The van der Waals surface area contributed by atoms with Gasteiger partial charge in [-0.2, -0.15) is 0 Å². The Hall–Kier alpha value is -2.41. The second-order valence-corrected chi connectivity index (χ2v) is 9.17. The number of carbonyl (C=O) groups is 3. The number of hydrogen-bond acceptors (Lipinski definition) is 5. The maximum absolute atomic E-state index is 13.3. The third-order valence-corrected chi connectivity index (χ3v) is 6.38. The summed E-state index contributed by atoms with van der Waals surface area (Å²) >= 11 is 0. The van der Waals surface area contributed by atoms with E-state index in [0.29, 0.717) is 51.4 Å². The Balaban J connectivity index is 2.25. The summed E-state index contributed by atoms with van der Waals surface area (Å²) in [6.45, 7) is 3.77. The fourth-order valence-corrected chi connectivity index (χ4v) is 4.34. The molecule has 4 atom stereocenters. The van der Waals surface area contributed by atoms with Gasteiger partial charge in [-0.25, -0.2) is 4.79 Å². The summed E-state index contributed by atoms with van der Waals surface area (Å²) in [5, 5.41) is 12.5. The molecule has 1 aromatic rings. The Bertz CT molecular complexity index is 754. The minimum atomic E-state index is -0.705. The average Bonchev–Trinajstić information content (AvgIpc) is 2.80. The molecule has 33 heavy (non-hydrogen) atoms. The SMILES string of the molecule is CCCC1CCCC(=O)NC(CO)CCCC(C)C(=O)N(C)C(Cc2ccccc2)C(=O)O1. The number of ether oxygens (including phenoxy) is 1. The summed E-state index contributed by atoms with van der Waals surface area (Å²) in [6, 6.07) is 8.65. The maximum Gasteiger partial charge on any atom is 0.329 e. The topological polar surface area (TPSA) is 95.9 Å². The van der Waals surface area contributed by atoms with Crippen LogP contribution >= 0.6 is 0 Å². The van der Waals surface area contributed by atoms with Crippen LogP contribution in [-0.4, -0.2) is 59.6 Å². The predicted octanol–water partition coefficient (Wildman–Crippen LogP) is 3.24. The van der Waals surface area contributed by atoms with Crippen LogP contribution in [0, 0.1) is 5.92 Å². The van der Waals surface area contributed by atoms with Crippen molar-refractivity contribution in [2.45, 2.75) is 89.8 Å². The van der Waals surface area contributed by atoms with Crippen LogP contribution in [0.25, 0.3) is 0 Å². The lowest BCUT2D eigenvalue weighted by Crippen LogP contribution is -2.47. The van der Waals surface area contributed by atoms with E-state index in [0.717, 1.165) is 12.0 Å². The third-order valence-electron chi connectivity index (χ3n) is 6.38. The number of nitrogens with zero attached hydrogens (tertiary/aromatic N) is 1. The number of hydrogen-bond donors (Lipinski definition) is 2. The number of aliphatic hydroxyl groups excluding tert-OH is 1.